The molecule has 0 radical (unpaired) electrons. The normalized spacial score (nSPS) is 20.8. The highest BCUT2D eigenvalue weighted by Crippen LogP contribution is 2.27. The number of rotatable bonds is 3. The van der Waals surface area contributed by atoms with Crippen molar-refractivity contribution in [2.45, 2.75) is 38.6 Å². The predicted molar refractivity (Wildman–Crippen MR) is 70.0 cm³/mol. The molecule has 5 heteroatoms. The highest BCUT2D eigenvalue weighted by Gasteiger charge is 2.26. The van der Waals surface area contributed by atoms with Crippen LogP contribution in [0.1, 0.15) is 41.7 Å². The monoisotopic (exact) mass is 251 g/mol. The van der Waals surface area contributed by atoms with Crippen LogP contribution in [0.4, 0.5) is 5.82 Å². The van der Waals surface area contributed by atoms with Crippen LogP contribution < -0.4 is 4.90 Å². The standard InChI is InChI=1S/C13H21N3O2/c1-10-12(9-18)13(15(2)14-10)16-7-5-3-4-6-11(16)8-17/h9,11,17H,3-8H2,1-2H3. The van der Waals surface area contributed by atoms with Gasteiger partial charge < -0.3 is 10.0 Å². The molecule has 0 spiro atoms. The third-order valence-corrected chi connectivity index (χ3v) is 3.72. The smallest absolute Gasteiger partial charge is 0.155 e. The van der Waals surface area contributed by atoms with Gasteiger partial charge in [0.15, 0.2) is 6.29 Å². The Labute approximate surface area is 107 Å². The van der Waals surface area contributed by atoms with Gasteiger partial charge in [-0.3, -0.25) is 9.48 Å². The molecule has 100 valence electrons. The second-order valence-corrected chi connectivity index (χ2v) is 4.94. The van der Waals surface area contributed by atoms with Crippen molar-refractivity contribution >= 4 is 12.1 Å². The molecule has 0 amide bonds. The lowest BCUT2D eigenvalue weighted by Gasteiger charge is -2.30. The summed E-state index contributed by atoms with van der Waals surface area (Å²) in [6, 6.07) is 0.0981. The molecule has 0 saturated carbocycles. The molecule has 0 bridgehead atoms. The van der Waals surface area contributed by atoms with Crippen LogP contribution >= 0.6 is 0 Å². The zero-order chi connectivity index (χ0) is 13.1. The second kappa shape index (κ2) is 5.52. The van der Waals surface area contributed by atoms with Gasteiger partial charge in [0.05, 0.1) is 23.9 Å². The first-order chi connectivity index (χ1) is 8.69. The Hall–Kier alpha value is -1.36. The van der Waals surface area contributed by atoms with E-state index in [9.17, 15) is 9.90 Å². The minimum atomic E-state index is 0.0981. The minimum absolute atomic E-state index is 0.0981. The van der Waals surface area contributed by atoms with Gasteiger partial charge in [-0.1, -0.05) is 12.8 Å². The van der Waals surface area contributed by atoms with Gasteiger partial charge in [0, 0.05) is 13.6 Å². The van der Waals surface area contributed by atoms with E-state index in [4.69, 9.17) is 0 Å². The summed E-state index contributed by atoms with van der Waals surface area (Å²) in [7, 11) is 1.86. The highest BCUT2D eigenvalue weighted by atomic mass is 16.3. The number of aliphatic hydroxyl groups is 1. The van der Waals surface area contributed by atoms with Crippen molar-refractivity contribution in [1.82, 2.24) is 9.78 Å². The number of aromatic nitrogens is 2. The van der Waals surface area contributed by atoms with Gasteiger partial charge in [0.2, 0.25) is 0 Å². The maximum absolute atomic E-state index is 11.2. The van der Waals surface area contributed by atoms with E-state index < -0.39 is 0 Å². The average Bonchev–Trinajstić information content (AvgIpc) is 2.55. The number of carbonyl (C=O) groups excluding carboxylic acids is 1. The number of aliphatic hydroxyl groups excluding tert-OH is 1. The quantitative estimate of drug-likeness (QED) is 0.822. The summed E-state index contributed by atoms with van der Waals surface area (Å²) < 4.78 is 1.76. The fourth-order valence-electron chi connectivity index (χ4n) is 2.79. The van der Waals surface area contributed by atoms with E-state index in [1.165, 1.54) is 6.42 Å². The van der Waals surface area contributed by atoms with Crippen molar-refractivity contribution in [1.29, 1.82) is 0 Å². The summed E-state index contributed by atoms with van der Waals surface area (Å²) in [5, 5.41) is 13.9. The zero-order valence-corrected chi connectivity index (χ0v) is 11.1. The van der Waals surface area contributed by atoms with E-state index in [2.05, 4.69) is 10.00 Å². The number of aldehydes is 1. The molecule has 5 nitrogen and oxygen atoms in total. The Bertz CT molecular complexity index is 428. The summed E-state index contributed by atoms with van der Waals surface area (Å²) in [6.07, 6.45) is 5.25. The summed E-state index contributed by atoms with van der Waals surface area (Å²) in [6.45, 7) is 2.85. The number of hydrogen-bond donors (Lipinski definition) is 1. The summed E-state index contributed by atoms with van der Waals surface area (Å²) >= 11 is 0. The molecule has 0 aliphatic carbocycles. The predicted octanol–water partition coefficient (Wildman–Crippen LogP) is 1.28. The molecule has 1 fully saturated rings. The Morgan fingerprint density at radius 3 is 2.89 bits per heavy atom. The number of aryl methyl sites for hydroxylation is 2. The molecule has 1 aliphatic heterocycles. The minimum Gasteiger partial charge on any atom is -0.394 e. The molecule has 1 aromatic rings. The second-order valence-electron chi connectivity index (χ2n) is 4.94. The molecule has 1 atom stereocenters. The molecule has 1 aromatic heterocycles. The van der Waals surface area contributed by atoms with Crippen LogP contribution in [0, 0.1) is 6.92 Å². The van der Waals surface area contributed by atoms with Gasteiger partial charge in [0.25, 0.3) is 0 Å². The first kappa shape index (κ1) is 13.1. The van der Waals surface area contributed by atoms with Crippen molar-refractivity contribution in [3.63, 3.8) is 0 Å². The molecule has 1 saturated heterocycles. The maximum Gasteiger partial charge on any atom is 0.155 e. The van der Waals surface area contributed by atoms with Crippen molar-refractivity contribution in [2.75, 3.05) is 18.1 Å². The van der Waals surface area contributed by atoms with E-state index in [1.54, 1.807) is 4.68 Å². The lowest BCUT2D eigenvalue weighted by molar-refractivity contribution is 0.112. The largest absolute Gasteiger partial charge is 0.394 e. The van der Waals surface area contributed by atoms with E-state index in [-0.39, 0.29) is 12.6 Å². The average molecular weight is 251 g/mol. The first-order valence-electron chi connectivity index (χ1n) is 6.55. The summed E-state index contributed by atoms with van der Waals surface area (Å²) in [5.74, 6) is 0.850. The topological polar surface area (TPSA) is 58.4 Å². The van der Waals surface area contributed by atoms with Crippen molar-refractivity contribution < 1.29 is 9.90 Å². The summed E-state index contributed by atoms with van der Waals surface area (Å²) in [5.41, 5.74) is 1.40. The van der Waals surface area contributed by atoms with Gasteiger partial charge in [-0.15, -0.1) is 0 Å². The zero-order valence-electron chi connectivity index (χ0n) is 11.1. The Morgan fingerprint density at radius 2 is 2.22 bits per heavy atom. The Kier molecular flexibility index (Phi) is 4.01. The van der Waals surface area contributed by atoms with E-state index in [1.807, 2.05) is 14.0 Å². The van der Waals surface area contributed by atoms with E-state index in [0.717, 1.165) is 43.6 Å². The molecule has 2 heterocycles. The van der Waals surface area contributed by atoms with Crippen LogP contribution in [-0.2, 0) is 7.05 Å². The van der Waals surface area contributed by atoms with Gasteiger partial charge in [-0.2, -0.15) is 5.10 Å². The van der Waals surface area contributed by atoms with Crippen LogP contribution in [0.25, 0.3) is 0 Å². The van der Waals surface area contributed by atoms with Gasteiger partial charge in [0.1, 0.15) is 5.82 Å². The molecular formula is C13H21N3O2. The number of nitrogens with zero attached hydrogens (tertiary/aromatic N) is 3. The maximum atomic E-state index is 11.2. The van der Waals surface area contributed by atoms with Crippen LogP contribution in [0.15, 0.2) is 0 Å². The molecule has 2 rings (SSSR count). The molecule has 18 heavy (non-hydrogen) atoms. The SMILES string of the molecule is Cc1nn(C)c(N2CCCCCC2CO)c1C=O. The van der Waals surface area contributed by atoms with Crippen LogP contribution in [0.2, 0.25) is 0 Å². The molecule has 1 unspecified atom stereocenters. The van der Waals surface area contributed by atoms with E-state index in [0.29, 0.717) is 5.56 Å². The summed E-state index contributed by atoms with van der Waals surface area (Å²) in [4.78, 5) is 13.4. The molecule has 1 N–H and O–H groups in total. The van der Waals surface area contributed by atoms with Crippen molar-refractivity contribution in [2.24, 2.45) is 7.05 Å². The third kappa shape index (κ3) is 2.27. The fourth-order valence-corrected chi connectivity index (χ4v) is 2.79. The lowest BCUT2D eigenvalue weighted by atomic mass is 10.1. The van der Waals surface area contributed by atoms with E-state index >= 15 is 0 Å². The third-order valence-electron chi connectivity index (χ3n) is 3.72. The fraction of sp³-hybridized carbons (Fsp3) is 0.692. The van der Waals surface area contributed by atoms with Crippen LogP contribution in [0.5, 0.6) is 0 Å². The van der Waals surface area contributed by atoms with Crippen molar-refractivity contribution in [3.05, 3.63) is 11.3 Å². The Balaban J connectivity index is 2.41. The van der Waals surface area contributed by atoms with Crippen LogP contribution in [0.3, 0.4) is 0 Å². The number of carbonyl (C=O) groups is 1. The molecule has 1 aliphatic rings. The number of anilines is 1. The van der Waals surface area contributed by atoms with Crippen molar-refractivity contribution in [3.8, 4) is 0 Å². The first-order valence-corrected chi connectivity index (χ1v) is 6.55. The number of hydrogen-bond acceptors (Lipinski definition) is 4. The van der Waals surface area contributed by atoms with Gasteiger partial charge >= 0.3 is 0 Å². The lowest BCUT2D eigenvalue weighted by Crippen LogP contribution is -2.39. The molecular weight excluding hydrogens is 230 g/mol. The van der Waals surface area contributed by atoms with Crippen LogP contribution in [-0.4, -0.2) is 40.4 Å². The Morgan fingerprint density at radius 1 is 1.44 bits per heavy atom. The molecule has 0 aromatic carbocycles. The van der Waals surface area contributed by atoms with Gasteiger partial charge in [-0.05, 0) is 19.8 Å². The highest BCUT2D eigenvalue weighted by molar-refractivity contribution is 5.85. The van der Waals surface area contributed by atoms with Gasteiger partial charge in [-0.25, -0.2) is 0 Å².